The van der Waals surface area contributed by atoms with Gasteiger partial charge in [-0.3, -0.25) is 11.3 Å². The molecule has 0 aliphatic heterocycles. The highest BCUT2D eigenvalue weighted by Crippen LogP contribution is 2.25. The second kappa shape index (κ2) is 6.52. The minimum atomic E-state index is 0.0479. The molecular formula is C13H16BrClN4. The van der Waals surface area contributed by atoms with Gasteiger partial charge in [0.25, 0.3) is 0 Å². The summed E-state index contributed by atoms with van der Waals surface area (Å²) in [5.41, 5.74) is 3.90. The van der Waals surface area contributed by atoms with Crippen LogP contribution in [0.1, 0.15) is 23.9 Å². The summed E-state index contributed by atoms with van der Waals surface area (Å²) in [5.74, 6) is 6.69. The van der Waals surface area contributed by atoms with Crippen molar-refractivity contribution in [1.29, 1.82) is 0 Å². The fourth-order valence-corrected chi connectivity index (χ4v) is 2.92. The maximum absolute atomic E-state index is 6.06. The highest BCUT2D eigenvalue weighted by molar-refractivity contribution is 9.10. The maximum atomic E-state index is 6.06. The molecule has 0 aliphatic carbocycles. The molecule has 6 heteroatoms. The number of rotatable bonds is 5. The molecule has 0 amide bonds. The van der Waals surface area contributed by atoms with Gasteiger partial charge in [0.2, 0.25) is 0 Å². The van der Waals surface area contributed by atoms with Crippen LogP contribution < -0.4 is 11.3 Å². The number of benzene rings is 1. The molecule has 0 bridgehead atoms. The summed E-state index contributed by atoms with van der Waals surface area (Å²) < 4.78 is 2.97. The number of aryl methyl sites for hydroxylation is 2. The first kappa shape index (κ1) is 14.5. The van der Waals surface area contributed by atoms with E-state index in [1.54, 1.807) is 6.20 Å². The Bertz CT molecular complexity index is 535. The van der Waals surface area contributed by atoms with Crippen molar-refractivity contribution < 1.29 is 0 Å². The van der Waals surface area contributed by atoms with Crippen LogP contribution in [0.5, 0.6) is 0 Å². The van der Waals surface area contributed by atoms with Gasteiger partial charge in [-0.2, -0.15) is 0 Å². The van der Waals surface area contributed by atoms with Gasteiger partial charge in [-0.1, -0.05) is 27.5 Å². The largest absolute Gasteiger partial charge is 0.338 e. The van der Waals surface area contributed by atoms with E-state index in [1.807, 2.05) is 36.0 Å². The van der Waals surface area contributed by atoms with Gasteiger partial charge in [-0.15, -0.1) is 0 Å². The van der Waals surface area contributed by atoms with E-state index in [2.05, 4.69) is 26.3 Å². The molecule has 1 aromatic heterocycles. The van der Waals surface area contributed by atoms with Crippen molar-refractivity contribution in [1.82, 2.24) is 15.0 Å². The summed E-state index contributed by atoms with van der Waals surface area (Å²) in [6.45, 7) is 0. The number of aromatic nitrogens is 2. The van der Waals surface area contributed by atoms with E-state index < -0.39 is 0 Å². The molecule has 102 valence electrons. The third-order valence-electron chi connectivity index (χ3n) is 3.07. The molecule has 0 aliphatic rings. The average molecular weight is 344 g/mol. The molecule has 0 spiro atoms. The zero-order valence-corrected chi connectivity index (χ0v) is 12.9. The van der Waals surface area contributed by atoms with Crippen LogP contribution in [0, 0.1) is 0 Å². The summed E-state index contributed by atoms with van der Waals surface area (Å²) in [4.78, 5) is 4.31. The van der Waals surface area contributed by atoms with Crippen molar-refractivity contribution in [2.75, 3.05) is 0 Å². The van der Waals surface area contributed by atoms with Gasteiger partial charge in [0.05, 0.1) is 0 Å². The van der Waals surface area contributed by atoms with Gasteiger partial charge < -0.3 is 4.57 Å². The number of halogens is 2. The average Bonchev–Trinajstić information content (AvgIpc) is 2.75. The Labute approximate surface area is 126 Å². The van der Waals surface area contributed by atoms with Crippen molar-refractivity contribution in [3.05, 3.63) is 51.5 Å². The SMILES string of the molecule is Cn1ccnc1CCC(NN)c1cc(Cl)cc(Br)c1. The van der Waals surface area contributed by atoms with Gasteiger partial charge in [-0.05, 0) is 30.2 Å². The van der Waals surface area contributed by atoms with Crippen molar-refractivity contribution in [3.8, 4) is 0 Å². The Morgan fingerprint density at radius 3 is 2.84 bits per heavy atom. The van der Waals surface area contributed by atoms with Crippen LogP contribution in [0.4, 0.5) is 0 Å². The van der Waals surface area contributed by atoms with Crippen LogP contribution in [-0.2, 0) is 13.5 Å². The van der Waals surface area contributed by atoms with E-state index in [0.29, 0.717) is 5.02 Å². The Kier molecular flexibility index (Phi) is 4.99. The lowest BCUT2D eigenvalue weighted by Crippen LogP contribution is -2.28. The summed E-state index contributed by atoms with van der Waals surface area (Å²) in [6, 6.07) is 5.85. The first-order valence-corrected chi connectivity index (χ1v) is 7.15. The smallest absolute Gasteiger partial charge is 0.108 e. The van der Waals surface area contributed by atoms with Crippen molar-refractivity contribution in [2.24, 2.45) is 12.9 Å². The normalized spacial score (nSPS) is 12.6. The van der Waals surface area contributed by atoms with Gasteiger partial charge in [0.1, 0.15) is 5.82 Å². The summed E-state index contributed by atoms with van der Waals surface area (Å²) in [7, 11) is 1.99. The second-order valence-corrected chi connectivity index (χ2v) is 5.77. The summed E-state index contributed by atoms with van der Waals surface area (Å²) >= 11 is 9.50. The number of imidazole rings is 1. The molecule has 1 unspecified atom stereocenters. The van der Waals surface area contributed by atoms with Gasteiger partial charge in [0, 0.05) is 41.4 Å². The zero-order valence-electron chi connectivity index (χ0n) is 10.6. The van der Waals surface area contributed by atoms with Crippen molar-refractivity contribution >= 4 is 27.5 Å². The minimum absolute atomic E-state index is 0.0479. The Hall–Kier alpha value is -0.880. The predicted molar refractivity (Wildman–Crippen MR) is 80.7 cm³/mol. The maximum Gasteiger partial charge on any atom is 0.108 e. The van der Waals surface area contributed by atoms with Crippen LogP contribution in [0.25, 0.3) is 0 Å². The standard InChI is InChI=1S/C13H16BrClN4/c1-19-5-4-17-13(19)3-2-12(18-16)9-6-10(14)8-11(15)7-9/h4-8,12,18H,2-3,16H2,1H3. The van der Waals surface area contributed by atoms with E-state index in [-0.39, 0.29) is 6.04 Å². The quantitative estimate of drug-likeness (QED) is 0.648. The van der Waals surface area contributed by atoms with Crippen LogP contribution in [0.15, 0.2) is 35.1 Å². The molecule has 19 heavy (non-hydrogen) atoms. The van der Waals surface area contributed by atoms with Crippen molar-refractivity contribution in [3.63, 3.8) is 0 Å². The monoisotopic (exact) mass is 342 g/mol. The fraction of sp³-hybridized carbons (Fsp3) is 0.308. The van der Waals surface area contributed by atoms with Crippen molar-refractivity contribution in [2.45, 2.75) is 18.9 Å². The first-order valence-electron chi connectivity index (χ1n) is 5.98. The van der Waals surface area contributed by atoms with Crippen LogP contribution in [0.2, 0.25) is 5.02 Å². The van der Waals surface area contributed by atoms with E-state index in [4.69, 9.17) is 17.4 Å². The molecule has 2 aromatic rings. The van der Waals surface area contributed by atoms with E-state index >= 15 is 0 Å². The highest BCUT2D eigenvalue weighted by atomic mass is 79.9. The molecule has 2 rings (SSSR count). The first-order chi connectivity index (χ1) is 9.10. The number of hydrazine groups is 1. The molecule has 0 saturated heterocycles. The molecule has 1 heterocycles. The van der Waals surface area contributed by atoms with Crippen LogP contribution in [-0.4, -0.2) is 9.55 Å². The number of nitrogens with two attached hydrogens (primary N) is 1. The molecule has 3 N–H and O–H groups in total. The fourth-order valence-electron chi connectivity index (χ4n) is 2.03. The second-order valence-electron chi connectivity index (χ2n) is 4.42. The Morgan fingerprint density at radius 2 is 2.26 bits per heavy atom. The molecule has 1 aromatic carbocycles. The highest BCUT2D eigenvalue weighted by Gasteiger charge is 2.12. The lowest BCUT2D eigenvalue weighted by atomic mass is 10.0. The molecular weight excluding hydrogens is 328 g/mol. The summed E-state index contributed by atoms with van der Waals surface area (Å²) in [6.07, 6.45) is 5.45. The van der Waals surface area contributed by atoms with Crippen LogP contribution in [0.3, 0.4) is 0 Å². The third kappa shape index (κ3) is 3.79. The van der Waals surface area contributed by atoms with Gasteiger partial charge in [0.15, 0.2) is 0 Å². The number of nitrogens with zero attached hydrogens (tertiary/aromatic N) is 2. The number of hydrogen-bond donors (Lipinski definition) is 2. The topological polar surface area (TPSA) is 55.9 Å². The molecule has 1 atom stereocenters. The van der Waals surface area contributed by atoms with E-state index in [1.165, 1.54) is 0 Å². The molecule has 0 radical (unpaired) electrons. The molecule has 0 fully saturated rings. The lowest BCUT2D eigenvalue weighted by Gasteiger charge is -2.17. The molecule has 4 nitrogen and oxygen atoms in total. The predicted octanol–water partition coefficient (Wildman–Crippen LogP) is 2.97. The molecule has 0 saturated carbocycles. The Morgan fingerprint density at radius 1 is 1.47 bits per heavy atom. The number of hydrogen-bond acceptors (Lipinski definition) is 3. The third-order valence-corrected chi connectivity index (χ3v) is 3.74. The summed E-state index contributed by atoms with van der Waals surface area (Å²) in [5, 5.41) is 0.696. The number of nitrogens with one attached hydrogen (secondary N) is 1. The van der Waals surface area contributed by atoms with Gasteiger partial charge in [-0.25, -0.2) is 4.98 Å². The zero-order chi connectivity index (χ0) is 13.8. The lowest BCUT2D eigenvalue weighted by molar-refractivity contribution is 0.506. The minimum Gasteiger partial charge on any atom is -0.338 e. The van der Waals surface area contributed by atoms with Gasteiger partial charge >= 0.3 is 0 Å². The van der Waals surface area contributed by atoms with Crippen LogP contribution >= 0.6 is 27.5 Å². The Balaban J connectivity index is 2.09. The van der Waals surface area contributed by atoms with E-state index in [0.717, 1.165) is 28.7 Å². The van der Waals surface area contributed by atoms with E-state index in [9.17, 15) is 0 Å².